The molecule has 0 aliphatic heterocycles. The Balaban J connectivity index is 2.52. The van der Waals surface area contributed by atoms with Gasteiger partial charge in [0.1, 0.15) is 11.9 Å². The van der Waals surface area contributed by atoms with Gasteiger partial charge in [0.05, 0.1) is 11.6 Å². The molecule has 1 aromatic rings. The van der Waals surface area contributed by atoms with Gasteiger partial charge in [-0.1, -0.05) is 47.5 Å². The van der Waals surface area contributed by atoms with Crippen LogP contribution in [0.2, 0.25) is 10.0 Å². The second-order valence-corrected chi connectivity index (χ2v) is 7.19. The van der Waals surface area contributed by atoms with E-state index in [-0.39, 0.29) is 12.6 Å². The van der Waals surface area contributed by atoms with Crippen molar-refractivity contribution in [3.63, 3.8) is 0 Å². The van der Waals surface area contributed by atoms with Crippen molar-refractivity contribution >= 4 is 35.1 Å². The van der Waals surface area contributed by atoms with E-state index >= 15 is 0 Å². The van der Waals surface area contributed by atoms with Gasteiger partial charge >= 0.3 is 11.9 Å². The van der Waals surface area contributed by atoms with Crippen molar-refractivity contribution in [3.8, 4) is 5.75 Å². The Morgan fingerprint density at radius 3 is 2.59 bits per heavy atom. The van der Waals surface area contributed by atoms with Crippen molar-refractivity contribution in [2.24, 2.45) is 0 Å². The van der Waals surface area contributed by atoms with Crippen LogP contribution < -0.4 is 4.74 Å². The summed E-state index contributed by atoms with van der Waals surface area (Å²) in [6.07, 6.45) is 5.62. The fraction of sp³-hybridized carbons (Fsp3) is 0.364. The van der Waals surface area contributed by atoms with Crippen molar-refractivity contribution < 1.29 is 23.8 Å². The molecule has 0 aliphatic carbocycles. The smallest absolute Gasteiger partial charge is 0.344 e. The number of hydrogen-bond acceptors (Lipinski definition) is 5. The highest BCUT2D eigenvalue weighted by atomic mass is 35.5. The molecule has 158 valence electrons. The number of carbonyl (C=O) groups excluding carboxylic acids is 2. The summed E-state index contributed by atoms with van der Waals surface area (Å²) in [4.78, 5) is 23.4. The van der Waals surface area contributed by atoms with Crippen LogP contribution in [0.3, 0.4) is 0 Å². The van der Waals surface area contributed by atoms with E-state index in [1.807, 2.05) is 13.0 Å². The Kier molecular flexibility index (Phi) is 11.2. The average molecular weight is 441 g/mol. The zero-order valence-corrected chi connectivity index (χ0v) is 18.4. The molecule has 1 atom stereocenters. The van der Waals surface area contributed by atoms with E-state index in [1.165, 1.54) is 12.1 Å². The number of esters is 2. The number of halogens is 2. The molecular weight excluding hydrogens is 415 g/mol. The first-order valence-corrected chi connectivity index (χ1v) is 9.91. The van der Waals surface area contributed by atoms with Crippen LogP contribution in [0.25, 0.3) is 0 Å². The summed E-state index contributed by atoms with van der Waals surface area (Å²) in [5.41, 5.74) is 1.76. The molecule has 5 nitrogen and oxygen atoms in total. The first-order chi connectivity index (χ1) is 13.7. The molecule has 7 heteroatoms. The largest absolute Gasteiger partial charge is 0.480 e. The fourth-order valence-corrected chi connectivity index (χ4v) is 2.71. The number of carbonyl (C=O) groups is 2. The van der Waals surface area contributed by atoms with Gasteiger partial charge in [-0.05, 0) is 57.4 Å². The topological polar surface area (TPSA) is 61.8 Å². The van der Waals surface area contributed by atoms with Crippen molar-refractivity contribution in [1.29, 1.82) is 0 Å². The lowest BCUT2D eigenvalue weighted by Gasteiger charge is -2.18. The molecule has 0 saturated carbocycles. The normalized spacial score (nSPS) is 12.5. The summed E-state index contributed by atoms with van der Waals surface area (Å²) in [7, 11) is 0. The second-order valence-electron chi connectivity index (χ2n) is 6.35. The van der Waals surface area contributed by atoms with E-state index in [2.05, 4.69) is 6.58 Å². The number of ether oxygens (including phenoxy) is 3. The number of hydrogen-bond donors (Lipinski definition) is 0. The Morgan fingerprint density at radius 2 is 1.97 bits per heavy atom. The van der Waals surface area contributed by atoms with Crippen LogP contribution in [0.1, 0.15) is 33.6 Å². The predicted octanol–water partition coefficient (Wildman–Crippen LogP) is 5.71. The summed E-state index contributed by atoms with van der Waals surface area (Å²) in [6, 6.07) is 4.74. The van der Waals surface area contributed by atoms with Crippen LogP contribution in [0.4, 0.5) is 0 Å². The van der Waals surface area contributed by atoms with E-state index < -0.39 is 12.1 Å². The summed E-state index contributed by atoms with van der Waals surface area (Å²) in [5, 5.41) is 0.797. The lowest BCUT2D eigenvalue weighted by Crippen LogP contribution is -2.23. The van der Waals surface area contributed by atoms with Gasteiger partial charge < -0.3 is 14.2 Å². The van der Waals surface area contributed by atoms with Crippen molar-refractivity contribution in [2.75, 3.05) is 13.2 Å². The molecule has 0 heterocycles. The molecule has 1 rings (SSSR count). The molecule has 0 saturated heterocycles. The van der Waals surface area contributed by atoms with Gasteiger partial charge in [0.15, 0.2) is 6.61 Å². The quantitative estimate of drug-likeness (QED) is 0.191. The monoisotopic (exact) mass is 440 g/mol. The van der Waals surface area contributed by atoms with Gasteiger partial charge in [0.25, 0.3) is 0 Å². The number of rotatable bonds is 11. The molecule has 0 N–H and O–H groups in total. The third-order valence-corrected chi connectivity index (χ3v) is 4.29. The van der Waals surface area contributed by atoms with Crippen LogP contribution in [-0.2, 0) is 19.1 Å². The third kappa shape index (κ3) is 10.2. The molecule has 0 radical (unpaired) electrons. The lowest BCUT2D eigenvalue weighted by molar-refractivity contribution is -0.150. The Morgan fingerprint density at radius 1 is 1.24 bits per heavy atom. The first kappa shape index (κ1) is 24.8. The van der Waals surface area contributed by atoms with Gasteiger partial charge in [-0.2, -0.15) is 0 Å². The van der Waals surface area contributed by atoms with E-state index in [9.17, 15) is 9.59 Å². The van der Waals surface area contributed by atoms with Gasteiger partial charge in [0.2, 0.25) is 0 Å². The van der Waals surface area contributed by atoms with E-state index in [0.29, 0.717) is 35.2 Å². The van der Waals surface area contributed by atoms with Gasteiger partial charge in [-0.25, -0.2) is 9.59 Å². The molecule has 0 aliphatic rings. The van der Waals surface area contributed by atoms with E-state index in [1.54, 1.807) is 32.1 Å². The van der Waals surface area contributed by atoms with Crippen LogP contribution in [-0.4, -0.2) is 31.3 Å². The zero-order chi connectivity index (χ0) is 21.8. The number of benzene rings is 1. The Bertz CT molecular complexity index is 783. The number of allylic oxidation sites excluding steroid dienone is 3. The standard InChI is InChI=1S/C22H26Cl2O5/c1-5-27-21(25)8-6-7-16(4)9-11-19(15(2)3)29-22(26)14-28-20-12-10-17(23)13-18(20)24/h6-8,10,12-13,19H,2,5,9,11,14H2,1,3-4H3. The minimum absolute atomic E-state index is 0.276. The van der Waals surface area contributed by atoms with E-state index in [4.69, 9.17) is 37.4 Å². The van der Waals surface area contributed by atoms with Crippen LogP contribution in [0.5, 0.6) is 5.75 Å². The first-order valence-electron chi connectivity index (χ1n) is 9.16. The lowest BCUT2D eigenvalue weighted by atomic mass is 10.0. The summed E-state index contributed by atoms with van der Waals surface area (Å²) in [5.74, 6) is -0.550. The molecule has 0 bridgehead atoms. The molecule has 29 heavy (non-hydrogen) atoms. The Labute approximate surface area is 181 Å². The maximum Gasteiger partial charge on any atom is 0.344 e. The van der Waals surface area contributed by atoms with Crippen LogP contribution >= 0.6 is 23.2 Å². The predicted molar refractivity (Wildman–Crippen MR) is 115 cm³/mol. The molecule has 1 aromatic carbocycles. The maximum atomic E-state index is 12.1. The highest BCUT2D eigenvalue weighted by molar-refractivity contribution is 6.35. The molecule has 0 aromatic heterocycles. The maximum absolute atomic E-state index is 12.1. The summed E-state index contributed by atoms with van der Waals surface area (Å²) >= 11 is 11.8. The molecule has 0 amide bonds. The van der Waals surface area contributed by atoms with Crippen LogP contribution in [0, 0.1) is 0 Å². The summed E-state index contributed by atoms with van der Waals surface area (Å²) in [6.45, 7) is 9.43. The highest BCUT2D eigenvalue weighted by Crippen LogP contribution is 2.27. The van der Waals surface area contributed by atoms with Gasteiger partial charge in [-0.15, -0.1) is 0 Å². The zero-order valence-electron chi connectivity index (χ0n) is 16.9. The molecule has 0 spiro atoms. The van der Waals surface area contributed by atoms with Crippen molar-refractivity contribution in [2.45, 2.75) is 39.7 Å². The van der Waals surface area contributed by atoms with Crippen molar-refractivity contribution in [1.82, 2.24) is 0 Å². The van der Waals surface area contributed by atoms with Gasteiger partial charge in [-0.3, -0.25) is 0 Å². The van der Waals surface area contributed by atoms with E-state index in [0.717, 1.165) is 11.1 Å². The van der Waals surface area contributed by atoms with Crippen LogP contribution in [0.15, 0.2) is 54.2 Å². The molecule has 0 fully saturated rings. The SMILES string of the molecule is C=C(C)C(CCC(C)=CC=CC(=O)OCC)OC(=O)COc1ccc(Cl)cc1Cl. The third-order valence-electron chi connectivity index (χ3n) is 3.76. The fourth-order valence-electron chi connectivity index (χ4n) is 2.25. The van der Waals surface area contributed by atoms with Gasteiger partial charge in [0, 0.05) is 11.1 Å². The Hall–Kier alpha value is -2.24. The summed E-state index contributed by atoms with van der Waals surface area (Å²) < 4.78 is 15.7. The van der Waals surface area contributed by atoms with Crippen molar-refractivity contribution in [3.05, 3.63) is 64.2 Å². The molecular formula is C22H26Cl2O5. The molecule has 1 unspecified atom stereocenters. The minimum atomic E-state index is -0.521. The average Bonchev–Trinajstić information content (AvgIpc) is 2.64. The minimum Gasteiger partial charge on any atom is -0.480 e. The highest BCUT2D eigenvalue weighted by Gasteiger charge is 2.16. The second kappa shape index (κ2) is 13.1.